The summed E-state index contributed by atoms with van der Waals surface area (Å²) in [6.45, 7) is 3.28. The molecule has 1 aromatic carbocycles. The van der Waals surface area contributed by atoms with Crippen LogP contribution in [0.1, 0.15) is 31.7 Å². The maximum atomic E-state index is 13.1. The zero-order valence-corrected chi connectivity index (χ0v) is 13.6. The van der Waals surface area contributed by atoms with Crippen LogP contribution in [0, 0.1) is 0 Å². The molecular formula is C17H22ClNO3. The van der Waals surface area contributed by atoms with Crippen molar-refractivity contribution in [3.05, 3.63) is 34.9 Å². The van der Waals surface area contributed by atoms with Crippen LogP contribution in [-0.2, 0) is 14.9 Å². The first-order valence-electron chi connectivity index (χ1n) is 7.92. The molecule has 2 atom stereocenters. The van der Waals surface area contributed by atoms with E-state index >= 15 is 0 Å². The summed E-state index contributed by atoms with van der Waals surface area (Å²) in [6, 6.07) is 7.58. The highest BCUT2D eigenvalue weighted by molar-refractivity contribution is 6.30. The number of β-amino-alcohol motifs (C(OH)–C–C–N with tert-alkyl or cyclic N) is 1. The summed E-state index contributed by atoms with van der Waals surface area (Å²) in [6.07, 6.45) is 1.92. The Balaban J connectivity index is 1.79. The zero-order chi connectivity index (χ0) is 15.7. The van der Waals surface area contributed by atoms with Crippen LogP contribution in [0.4, 0.5) is 0 Å². The van der Waals surface area contributed by atoms with E-state index in [1.165, 1.54) is 0 Å². The third-order valence-corrected chi connectivity index (χ3v) is 5.17. The van der Waals surface area contributed by atoms with Crippen molar-refractivity contribution >= 4 is 17.5 Å². The van der Waals surface area contributed by atoms with Crippen LogP contribution in [0.5, 0.6) is 0 Å². The summed E-state index contributed by atoms with van der Waals surface area (Å²) < 4.78 is 5.52. The molecule has 1 heterocycles. The molecule has 0 radical (unpaired) electrons. The minimum absolute atomic E-state index is 0.113. The Bertz CT molecular complexity index is 541. The van der Waals surface area contributed by atoms with Gasteiger partial charge in [0.2, 0.25) is 5.91 Å². The molecule has 22 heavy (non-hydrogen) atoms. The summed E-state index contributed by atoms with van der Waals surface area (Å²) in [5.74, 6) is 0.113. The number of nitrogens with zero attached hydrogens (tertiary/aromatic N) is 1. The number of ether oxygens (including phenoxy) is 1. The third-order valence-electron chi connectivity index (χ3n) is 4.92. The van der Waals surface area contributed by atoms with Crippen molar-refractivity contribution < 1.29 is 14.6 Å². The van der Waals surface area contributed by atoms with E-state index in [4.69, 9.17) is 16.3 Å². The number of carbonyl (C=O) groups excluding carboxylic acids is 1. The molecule has 0 bridgehead atoms. The quantitative estimate of drug-likeness (QED) is 0.925. The van der Waals surface area contributed by atoms with Gasteiger partial charge in [0.05, 0.1) is 11.5 Å². The van der Waals surface area contributed by atoms with Crippen molar-refractivity contribution in [1.82, 2.24) is 4.90 Å². The van der Waals surface area contributed by atoms with Gasteiger partial charge in [-0.05, 0) is 37.5 Å². The number of likely N-dealkylation sites (tertiary alicyclic amines) is 1. The summed E-state index contributed by atoms with van der Waals surface area (Å²) in [7, 11) is 0. The molecule has 2 aliphatic rings. The van der Waals surface area contributed by atoms with Gasteiger partial charge in [-0.15, -0.1) is 0 Å². The second-order valence-electron chi connectivity index (χ2n) is 6.21. The minimum Gasteiger partial charge on any atom is -0.388 e. The summed E-state index contributed by atoms with van der Waals surface area (Å²) >= 11 is 5.96. The normalized spacial score (nSPS) is 26.8. The molecule has 0 unspecified atom stereocenters. The van der Waals surface area contributed by atoms with E-state index in [2.05, 4.69) is 0 Å². The average molecular weight is 324 g/mol. The van der Waals surface area contributed by atoms with Gasteiger partial charge in [0, 0.05) is 24.7 Å². The van der Waals surface area contributed by atoms with Crippen LogP contribution in [0.25, 0.3) is 0 Å². The molecule has 1 aliphatic heterocycles. The van der Waals surface area contributed by atoms with Crippen LogP contribution < -0.4 is 0 Å². The number of benzene rings is 1. The summed E-state index contributed by atoms with van der Waals surface area (Å²) in [4.78, 5) is 14.8. The number of carbonyl (C=O) groups is 1. The molecule has 1 aromatic rings. The lowest BCUT2D eigenvalue weighted by molar-refractivity contribution is -0.140. The van der Waals surface area contributed by atoms with Crippen LogP contribution in [0.2, 0.25) is 5.02 Å². The van der Waals surface area contributed by atoms with E-state index in [9.17, 15) is 9.90 Å². The number of rotatable bonds is 4. The topological polar surface area (TPSA) is 49.8 Å². The largest absolute Gasteiger partial charge is 0.388 e. The second-order valence-corrected chi connectivity index (χ2v) is 6.65. The molecule has 1 saturated carbocycles. The Labute approximate surface area is 136 Å². The Hall–Kier alpha value is -1.10. The van der Waals surface area contributed by atoms with Crippen molar-refractivity contribution in [2.75, 3.05) is 19.7 Å². The van der Waals surface area contributed by atoms with Gasteiger partial charge in [-0.1, -0.05) is 30.2 Å². The first-order chi connectivity index (χ1) is 10.6. The first kappa shape index (κ1) is 15.8. The summed E-state index contributed by atoms with van der Waals surface area (Å²) in [5, 5.41) is 10.7. The molecule has 2 fully saturated rings. The average Bonchev–Trinajstić information content (AvgIpc) is 2.81. The van der Waals surface area contributed by atoms with Gasteiger partial charge < -0.3 is 14.7 Å². The monoisotopic (exact) mass is 323 g/mol. The number of aliphatic hydroxyl groups excluding tert-OH is 1. The van der Waals surface area contributed by atoms with Crippen LogP contribution in [0.3, 0.4) is 0 Å². The van der Waals surface area contributed by atoms with E-state index < -0.39 is 11.5 Å². The molecule has 0 spiro atoms. The lowest BCUT2D eigenvalue weighted by atomic mass is 9.63. The molecule has 120 valence electrons. The SMILES string of the molecule is CCO[C@H]1CN(C(=O)C2(c3ccc(Cl)cc3)CCC2)C[C@@H]1O. The molecule has 1 amide bonds. The standard InChI is InChI=1S/C17H22ClNO3/c1-2-22-15-11-19(10-14(15)20)16(21)17(8-3-9-17)12-4-6-13(18)7-5-12/h4-7,14-15,20H,2-3,8-11H2,1H3/t14-,15-/m0/s1. The van der Waals surface area contributed by atoms with E-state index in [1.807, 2.05) is 31.2 Å². The van der Waals surface area contributed by atoms with E-state index in [0.29, 0.717) is 24.7 Å². The van der Waals surface area contributed by atoms with Crippen molar-refractivity contribution in [2.45, 2.75) is 43.8 Å². The molecule has 5 heteroatoms. The Kier molecular flexibility index (Phi) is 4.44. The molecule has 0 aromatic heterocycles. The lowest BCUT2D eigenvalue weighted by Gasteiger charge is -2.43. The first-order valence-corrected chi connectivity index (χ1v) is 8.30. The highest BCUT2D eigenvalue weighted by Crippen LogP contribution is 2.46. The second kappa shape index (κ2) is 6.19. The maximum absolute atomic E-state index is 13.1. The van der Waals surface area contributed by atoms with Gasteiger partial charge in [-0.2, -0.15) is 0 Å². The molecular weight excluding hydrogens is 302 g/mol. The Morgan fingerprint density at radius 3 is 2.59 bits per heavy atom. The van der Waals surface area contributed by atoms with Crippen molar-refractivity contribution in [3.63, 3.8) is 0 Å². The number of halogens is 1. The van der Waals surface area contributed by atoms with Crippen LogP contribution >= 0.6 is 11.6 Å². The van der Waals surface area contributed by atoms with Crippen LogP contribution in [0.15, 0.2) is 24.3 Å². The highest BCUT2D eigenvalue weighted by Gasteiger charge is 2.49. The van der Waals surface area contributed by atoms with Crippen molar-refractivity contribution in [3.8, 4) is 0 Å². The predicted molar refractivity (Wildman–Crippen MR) is 85.0 cm³/mol. The molecule has 1 N–H and O–H groups in total. The van der Waals surface area contributed by atoms with Crippen molar-refractivity contribution in [1.29, 1.82) is 0 Å². The van der Waals surface area contributed by atoms with Gasteiger partial charge in [0.25, 0.3) is 0 Å². The lowest BCUT2D eigenvalue weighted by Crippen LogP contribution is -2.50. The van der Waals surface area contributed by atoms with Gasteiger partial charge >= 0.3 is 0 Å². The van der Waals surface area contributed by atoms with E-state index in [1.54, 1.807) is 4.90 Å². The molecule has 3 rings (SSSR count). The summed E-state index contributed by atoms with van der Waals surface area (Å²) in [5.41, 5.74) is 0.591. The van der Waals surface area contributed by atoms with Crippen molar-refractivity contribution in [2.24, 2.45) is 0 Å². The maximum Gasteiger partial charge on any atom is 0.233 e. The number of hydrogen-bond acceptors (Lipinski definition) is 3. The third kappa shape index (κ3) is 2.64. The van der Waals surface area contributed by atoms with E-state index in [0.717, 1.165) is 24.8 Å². The minimum atomic E-state index is -0.591. The van der Waals surface area contributed by atoms with Gasteiger partial charge in [0.1, 0.15) is 6.10 Å². The number of amides is 1. The van der Waals surface area contributed by atoms with Crippen LogP contribution in [-0.4, -0.2) is 47.8 Å². The fraction of sp³-hybridized carbons (Fsp3) is 0.588. The van der Waals surface area contributed by atoms with Gasteiger partial charge in [-0.3, -0.25) is 4.79 Å². The van der Waals surface area contributed by atoms with Gasteiger partial charge in [0.15, 0.2) is 0 Å². The smallest absolute Gasteiger partial charge is 0.233 e. The number of aliphatic hydroxyl groups is 1. The molecule has 4 nitrogen and oxygen atoms in total. The molecule has 1 aliphatic carbocycles. The fourth-order valence-corrected chi connectivity index (χ4v) is 3.65. The Morgan fingerprint density at radius 1 is 1.36 bits per heavy atom. The zero-order valence-electron chi connectivity index (χ0n) is 12.8. The fourth-order valence-electron chi connectivity index (χ4n) is 3.53. The van der Waals surface area contributed by atoms with E-state index in [-0.39, 0.29) is 12.0 Å². The number of hydrogen-bond donors (Lipinski definition) is 1. The molecule has 1 saturated heterocycles. The highest BCUT2D eigenvalue weighted by atomic mass is 35.5. The van der Waals surface area contributed by atoms with Gasteiger partial charge in [-0.25, -0.2) is 0 Å². The Morgan fingerprint density at radius 2 is 2.05 bits per heavy atom. The predicted octanol–water partition coefficient (Wildman–Crippen LogP) is 2.37.